The van der Waals surface area contributed by atoms with Gasteiger partial charge in [-0.3, -0.25) is 0 Å². The molecule has 1 aliphatic heterocycles. The van der Waals surface area contributed by atoms with E-state index in [1.54, 1.807) is 18.9 Å². The van der Waals surface area contributed by atoms with E-state index in [0.717, 1.165) is 78.6 Å². The molecule has 1 N–H and O–H groups in total. The average Bonchev–Trinajstić information content (AvgIpc) is 3.17. The van der Waals surface area contributed by atoms with Crippen LogP contribution in [-0.4, -0.2) is 59.1 Å². The highest BCUT2D eigenvalue weighted by atomic mass is 32.2. The molecular formula is C20H25N5O2S. The van der Waals surface area contributed by atoms with Gasteiger partial charge in [0.15, 0.2) is 16.6 Å². The van der Waals surface area contributed by atoms with Crippen molar-refractivity contribution in [1.82, 2.24) is 19.9 Å². The number of H-pyrrole nitrogens is 1. The summed E-state index contributed by atoms with van der Waals surface area (Å²) in [4.78, 5) is 19.8. The van der Waals surface area contributed by atoms with Crippen LogP contribution in [0.2, 0.25) is 0 Å². The van der Waals surface area contributed by atoms with E-state index in [2.05, 4.69) is 38.9 Å². The maximum absolute atomic E-state index is 5.50. The van der Waals surface area contributed by atoms with Gasteiger partial charge in [0.1, 0.15) is 17.1 Å². The number of fused-ring (bicyclic) bond motifs is 1. The zero-order valence-corrected chi connectivity index (χ0v) is 17.1. The summed E-state index contributed by atoms with van der Waals surface area (Å²) in [5.41, 5.74) is 2.95. The lowest BCUT2D eigenvalue weighted by Crippen LogP contribution is -2.37. The quantitative estimate of drug-likeness (QED) is 0.483. The van der Waals surface area contributed by atoms with Gasteiger partial charge in [-0.15, -0.1) is 0 Å². The summed E-state index contributed by atoms with van der Waals surface area (Å²) in [5.74, 6) is 3.67. The first-order chi connectivity index (χ1) is 13.8. The Morgan fingerprint density at radius 2 is 1.93 bits per heavy atom. The van der Waals surface area contributed by atoms with E-state index in [4.69, 9.17) is 14.5 Å². The van der Waals surface area contributed by atoms with E-state index in [1.807, 2.05) is 12.1 Å². The van der Waals surface area contributed by atoms with Gasteiger partial charge in [-0.05, 0) is 24.1 Å². The first kappa shape index (κ1) is 19.0. The summed E-state index contributed by atoms with van der Waals surface area (Å²) in [6, 6.07) is 8.19. The molecule has 1 saturated heterocycles. The molecule has 2 aromatic heterocycles. The van der Waals surface area contributed by atoms with E-state index >= 15 is 0 Å². The fourth-order valence-corrected chi connectivity index (χ4v) is 4.02. The summed E-state index contributed by atoms with van der Waals surface area (Å²) in [6.07, 6.45) is 1.79. The molecule has 148 valence electrons. The van der Waals surface area contributed by atoms with Crippen LogP contribution in [0.4, 0.5) is 5.82 Å². The molecule has 3 heterocycles. The summed E-state index contributed by atoms with van der Waals surface area (Å²) < 4.78 is 10.7. The van der Waals surface area contributed by atoms with Gasteiger partial charge < -0.3 is 19.4 Å². The van der Waals surface area contributed by atoms with E-state index in [0.29, 0.717) is 0 Å². The van der Waals surface area contributed by atoms with Gasteiger partial charge in [0, 0.05) is 25.3 Å². The van der Waals surface area contributed by atoms with Crippen LogP contribution in [0.5, 0.6) is 5.75 Å². The van der Waals surface area contributed by atoms with Crippen LogP contribution in [0, 0.1) is 0 Å². The fourth-order valence-electron chi connectivity index (χ4n) is 3.20. The number of imidazole rings is 1. The minimum absolute atomic E-state index is 0.722. The van der Waals surface area contributed by atoms with Crippen molar-refractivity contribution in [2.75, 3.05) is 44.1 Å². The Labute approximate surface area is 168 Å². The SMILES string of the molecule is CCc1nc2nc(SCCc3ccc(OC)cc3)nc(N3CCOCC3)c2[nH]1. The van der Waals surface area contributed by atoms with Crippen molar-refractivity contribution in [1.29, 1.82) is 0 Å². The normalized spacial score (nSPS) is 14.6. The molecule has 3 aromatic rings. The lowest BCUT2D eigenvalue weighted by molar-refractivity contribution is 0.122. The number of anilines is 1. The number of aromatic nitrogens is 4. The van der Waals surface area contributed by atoms with Crippen molar-refractivity contribution in [3.8, 4) is 5.75 Å². The Morgan fingerprint density at radius 3 is 2.64 bits per heavy atom. The largest absolute Gasteiger partial charge is 0.497 e. The second kappa shape index (κ2) is 8.79. The fraction of sp³-hybridized carbons (Fsp3) is 0.450. The standard InChI is InChI=1S/C20H25N5O2S/c1-3-16-21-17-18(22-16)23-20(24-19(17)25-9-11-27-12-10-25)28-13-8-14-4-6-15(26-2)7-5-14/h4-7H,3,8-13H2,1-2H3,(H,21,22,23,24). The molecule has 1 fully saturated rings. The zero-order valence-electron chi connectivity index (χ0n) is 16.3. The maximum atomic E-state index is 5.50. The molecule has 1 aliphatic rings. The van der Waals surface area contributed by atoms with Gasteiger partial charge in [0.25, 0.3) is 0 Å². The van der Waals surface area contributed by atoms with Gasteiger partial charge in [0.05, 0.1) is 20.3 Å². The highest BCUT2D eigenvalue weighted by Gasteiger charge is 2.20. The third-order valence-corrected chi connectivity index (χ3v) is 5.64. The van der Waals surface area contributed by atoms with Crippen LogP contribution in [0.1, 0.15) is 18.3 Å². The molecular weight excluding hydrogens is 374 g/mol. The number of thioether (sulfide) groups is 1. The van der Waals surface area contributed by atoms with Crippen molar-refractivity contribution in [3.63, 3.8) is 0 Å². The van der Waals surface area contributed by atoms with Crippen LogP contribution in [-0.2, 0) is 17.6 Å². The number of aryl methyl sites for hydroxylation is 2. The molecule has 0 saturated carbocycles. The highest BCUT2D eigenvalue weighted by molar-refractivity contribution is 7.99. The summed E-state index contributed by atoms with van der Waals surface area (Å²) in [7, 11) is 1.68. The molecule has 0 unspecified atom stereocenters. The average molecular weight is 400 g/mol. The number of nitrogens with zero attached hydrogens (tertiary/aromatic N) is 4. The van der Waals surface area contributed by atoms with Crippen molar-refractivity contribution in [3.05, 3.63) is 35.7 Å². The Morgan fingerprint density at radius 1 is 1.14 bits per heavy atom. The summed E-state index contributed by atoms with van der Waals surface area (Å²) in [5, 5.41) is 0.775. The molecule has 1 aromatic carbocycles. The zero-order chi connectivity index (χ0) is 19.3. The lowest BCUT2D eigenvalue weighted by atomic mass is 10.2. The first-order valence-electron chi connectivity index (χ1n) is 9.62. The number of morpholine rings is 1. The summed E-state index contributed by atoms with van der Waals surface area (Å²) in [6.45, 7) is 5.20. The second-order valence-corrected chi connectivity index (χ2v) is 7.67. The number of ether oxygens (including phenoxy) is 2. The second-order valence-electron chi connectivity index (χ2n) is 6.61. The molecule has 0 spiro atoms. The number of aromatic amines is 1. The minimum atomic E-state index is 0.722. The first-order valence-corrected chi connectivity index (χ1v) is 10.6. The van der Waals surface area contributed by atoms with Gasteiger partial charge >= 0.3 is 0 Å². The van der Waals surface area contributed by atoms with Gasteiger partial charge in [-0.1, -0.05) is 30.8 Å². The van der Waals surface area contributed by atoms with Crippen molar-refractivity contribution in [2.45, 2.75) is 24.9 Å². The van der Waals surface area contributed by atoms with E-state index in [1.165, 1.54) is 5.56 Å². The third kappa shape index (κ3) is 4.23. The third-order valence-electron chi connectivity index (χ3n) is 4.79. The maximum Gasteiger partial charge on any atom is 0.191 e. The van der Waals surface area contributed by atoms with Gasteiger partial charge in [0.2, 0.25) is 0 Å². The number of benzene rings is 1. The number of nitrogens with one attached hydrogen (secondary N) is 1. The molecule has 0 atom stereocenters. The monoisotopic (exact) mass is 399 g/mol. The van der Waals surface area contributed by atoms with Crippen molar-refractivity contribution >= 4 is 28.7 Å². The smallest absolute Gasteiger partial charge is 0.191 e. The van der Waals surface area contributed by atoms with Crippen LogP contribution < -0.4 is 9.64 Å². The van der Waals surface area contributed by atoms with Crippen LogP contribution in [0.3, 0.4) is 0 Å². The van der Waals surface area contributed by atoms with E-state index < -0.39 is 0 Å². The molecule has 7 nitrogen and oxygen atoms in total. The topological polar surface area (TPSA) is 76.2 Å². The van der Waals surface area contributed by atoms with Crippen LogP contribution in [0.25, 0.3) is 11.2 Å². The number of rotatable bonds is 7. The van der Waals surface area contributed by atoms with E-state index in [-0.39, 0.29) is 0 Å². The van der Waals surface area contributed by atoms with Gasteiger partial charge in [-0.2, -0.15) is 0 Å². The number of methoxy groups -OCH3 is 1. The van der Waals surface area contributed by atoms with Gasteiger partial charge in [-0.25, -0.2) is 15.0 Å². The Bertz CT molecular complexity index is 922. The van der Waals surface area contributed by atoms with Crippen LogP contribution >= 0.6 is 11.8 Å². The Balaban J connectivity index is 1.52. The molecule has 0 amide bonds. The predicted molar refractivity (Wildman–Crippen MR) is 112 cm³/mol. The highest BCUT2D eigenvalue weighted by Crippen LogP contribution is 2.27. The summed E-state index contributed by atoms with van der Waals surface area (Å²) >= 11 is 1.67. The minimum Gasteiger partial charge on any atom is -0.497 e. The number of hydrogen-bond acceptors (Lipinski definition) is 7. The number of hydrogen-bond donors (Lipinski definition) is 1. The Kier molecular flexibility index (Phi) is 5.97. The molecule has 4 rings (SSSR count). The van der Waals surface area contributed by atoms with Crippen LogP contribution in [0.15, 0.2) is 29.4 Å². The molecule has 8 heteroatoms. The van der Waals surface area contributed by atoms with E-state index in [9.17, 15) is 0 Å². The lowest BCUT2D eigenvalue weighted by Gasteiger charge is -2.28. The Hall–Kier alpha value is -2.32. The molecule has 0 aliphatic carbocycles. The molecule has 28 heavy (non-hydrogen) atoms. The van der Waals surface area contributed by atoms with Crippen molar-refractivity contribution < 1.29 is 9.47 Å². The molecule has 0 radical (unpaired) electrons. The predicted octanol–water partition coefficient (Wildman–Crippen LogP) is 3.10. The van der Waals surface area contributed by atoms with Crippen molar-refractivity contribution in [2.24, 2.45) is 0 Å². The molecule has 0 bridgehead atoms.